The van der Waals surface area contributed by atoms with E-state index in [1.165, 1.54) is 23.9 Å². The van der Waals surface area contributed by atoms with Crippen molar-refractivity contribution in [2.24, 2.45) is 0 Å². The van der Waals surface area contributed by atoms with E-state index in [9.17, 15) is 14.9 Å². The predicted octanol–water partition coefficient (Wildman–Crippen LogP) is 4.99. The minimum Gasteiger partial charge on any atom is -0.325 e. The van der Waals surface area contributed by atoms with E-state index in [1.807, 2.05) is 26.0 Å². The Hall–Kier alpha value is -2.05. The van der Waals surface area contributed by atoms with Crippen molar-refractivity contribution in [3.63, 3.8) is 0 Å². The summed E-state index contributed by atoms with van der Waals surface area (Å²) < 4.78 is 0. The molecule has 2 aromatic rings. The minimum absolute atomic E-state index is 0.0314. The average molecular weight is 365 g/mol. The molecule has 2 rings (SSSR count). The van der Waals surface area contributed by atoms with E-state index in [1.54, 1.807) is 18.2 Å². The Morgan fingerprint density at radius 2 is 2.08 bits per heavy atom. The molecule has 1 atom stereocenters. The fourth-order valence-electron chi connectivity index (χ4n) is 2.10. The standard InChI is InChI=1S/C17H17ClN2O3S/c1-11-6-7-14(18)9-16(11)19-17(21)10-24-12(2)13-4-3-5-15(8-13)20(22)23/h3-9,12H,10H2,1-2H3,(H,19,21)/t12-/m0/s1. The van der Waals surface area contributed by atoms with Crippen LogP contribution in [0.5, 0.6) is 0 Å². The number of thioether (sulfide) groups is 1. The van der Waals surface area contributed by atoms with Crippen LogP contribution < -0.4 is 5.32 Å². The van der Waals surface area contributed by atoms with Gasteiger partial charge in [0.2, 0.25) is 5.91 Å². The van der Waals surface area contributed by atoms with Crippen LogP contribution in [-0.2, 0) is 4.79 Å². The van der Waals surface area contributed by atoms with Crippen LogP contribution in [-0.4, -0.2) is 16.6 Å². The molecule has 1 N–H and O–H groups in total. The van der Waals surface area contributed by atoms with Crippen LogP contribution in [0.4, 0.5) is 11.4 Å². The number of nitrogens with one attached hydrogen (secondary N) is 1. The molecule has 126 valence electrons. The number of carbonyl (C=O) groups excluding carboxylic acids is 1. The number of aryl methyl sites for hydroxylation is 1. The maximum Gasteiger partial charge on any atom is 0.269 e. The van der Waals surface area contributed by atoms with Crippen molar-refractivity contribution in [3.8, 4) is 0 Å². The highest BCUT2D eigenvalue weighted by atomic mass is 35.5. The lowest BCUT2D eigenvalue weighted by molar-refractivity contribution is -0.384. The molecule has 0 saturated carbocycles. The van der Waals surface area contributed by atoms with Crippen LogP contribution in [0.15, 0.2) is 42.5 Å². The maximum absolute atomic E-state index is 12.1. The van der Waals surface area contributed by atoms with Crippen molar-refractivity contribution in [2.45, 2.75) is 19.1 Å². The number of nitro groups is 1. The normalized spacial score (nSPS) is 11.8. The van der Waals surface area contributed by atoms with Gasteiger partial charge >= 0.3 is 0 Å². The Balaban J connectivity index is 1.95. The Morgan fingerprint density at radius 3 is 2.79 bits per heavy atom. The first kappa shape index (κ1) is 18.3. The molecule has 2 aromatic carbocycles. The van der Waals surface area contributed by atoms with Crippen LogP contribution in [0, 0.1) is 17.0 Å². The van der Waals surface area contributed by atoms with Gasteiger partial charge in [0.25, 0.3) is 5.69 Å². The average Bonchev–Trinajstić information content (AvgIpc) is 2.56. The van der Waals surface area contributed by atoms with Gasteiger partial charge in [-0.2, -0.15) is 0 Å². The fourth-order valence-corrected chi connectivity index (χ4v) is 3.09. The summed E-state index contributed by atoms with van der Waals surface area (Å²) in [4.78, 5) is 22.5. The van der Waals surface area contributed by atoms with Crippen molar-refractivity contribution in [2.75, 3.05) is 11.1 Å². The summed E-state index contributed by atoms with van der Waals surface area (Å²) in [6.07, 6.45) is 0. The van der Waals surface area contributed by atoms with Gasteiger partial charge in [-0.15, -0.1) is 11.8 Å². The highest BCUT2D eigenvalue weighted by molar-refractivity contribution is 8.00. The van der Waals surface area contributed by atoms with Crippen LogP contribution in [0.1, 0.15) is 23.3 Å². The highest BCUT2D eigenvalue weighted by Gasteiger charge is 2.13. The number of nitrogens with zero attached hydrogens (tertiary/aromatic N) is 1. The maximum atomic E-state index is 12.1. The largest absolute Gasteiger partial charge is 0.325 e. The number of amides is 1. The molecule has 7 heteroatoms. The molecular formula is C17H17ClN2O3S. The van der Waals surface area contributed by atoms with Gasteiger partial charge in [-0.25, -0.2) is 0 Å². The zero-order valence-electron chi connectivity index (χ0n) is 13.3. The quantitative estimate of drug-likeness (QED) is 0.579. The molecule has 0 radical (unpaired) electrons. The van der Waals surface area contributed by atoms with Gasteiger partial charge in [-0.1, -0.05) is 29.8 Å². The molecule has 0 aliphatic rings. The zero-order chi connectivity index (χ0) is 17.7. The topological polar surface area (TPSA) is 72.2 Å². The molecule has 0 spiro atoms. The Labute approximate surface area is 149 Å². The molecule has 0 bridgehead atoms. The van der Waals surface area contributed by atoms with Crippen LogP contribution in [0.2, 0.25) is 5.02 Å². The van der Waals surface area contributed by atoms with Gasteiger partial charge in [0.1, 0.15) is 0 Å². The van der Waals surface area contributed by atoms with Crippen molar-refractivity contribution in [1.29, 1.82) is 0 Å². The number of benzene rings is 2. The number of nitro benzene ring substituents is 1. The van der Waals surface area contributed by atoms with Gasteiger partial charge < -0.3 is 5.32 Å². The van der Waals surface area contributed by atoms with E-state index >= 15 is 0 Å². The number of hydrogen-bond donors (Lipinski definition) is 1. The number of hydrogen-bond acceptors (Lipinski definition) is 4. The number of rotatable bonds is 6. The third-order valence-electron chi connectivity index (χ3n) is 3.49. The monoisotopic (exact) mass is 364 g/mol. The van der Waals surface area contributed by atoms with Gasteiger partial charge in [-0.05, 0) is 37.1 Å². The first-order valence-electron chi connectivity index (χ1n) is 7.29. The molecule has 0 aromatic heterocycles. The number of carbonyl (C=O) groups is 1. The lowest BCUT2D eigenvalue weighted by Gasteiger charge is -2.12. The molecule has 0 aliphatic carbocycles. The summed E-state index contributed by atoms with van der Waals surface area (Å²) in [6.45, 7) is 3.81. The zero-order valence-corrected chi connectivity index (χ0v) is 14.9. The molecular weight excluding hydrogens is 348 g/mol. The summed E-state index contributed by atoms with van der Waals surface area (Å²) in [5.74, 6) is 0.109. The first-order valence-corrected chi connectivity index (χ1v) is 8.71. The van der Waals surface area contributed by atoms with E-state index in [0.29, 0.717) is 10.7 Å². The summed E-state index contributed by atoms with van der Waals surface area (Å²) in [7, 11) is 0. The Kier molecular flexibility index (Phi) is 6.23. The number of non-ortho nitro benzene ring substituents is 1. The third-order valence-corrected chi connectivity index (χ3v) is 4.92. The van der Waals surface area contributed by atoms with E-state index in [4.69, 9.17) is 11.6 Å². The first-order chi connectivity index (χ1) is 11.4. The molecule has 0 fully saturated rings. The van der Waals surface area contributed by atoms with Crippen LogP contribution in [0.25, 0.3) is 0 Å². The van der Waals surface area contributed by atoms with E-state index < -0.39 is 4.92 Å². The smallest absolute Gasteiger partial charge is 0.269 e. The second-order valence-corrected chi connectivity index (χ2v) is 7.08. The summed E-state index contributed by atoms with van der Waals surface area (Å²) in [5.41, 5.74) is 2.50. The predicted molar refractivity (Wildman–Crippen MR) is 98.8 cm³/mol. The van der Waals surface area contributed by atoms with Crippen molar-refractivity contribution >= 4 is 40.6 Å². The molecule has 1 amide bonds. The molecule has 0 aliphatic heterocycles. The van der Waals surface area contributed by atoms with E-state index in [0.717, 1.165) is 11.1 Å². The molecule has 24 heavy (non-hydrogen) atoms. The number of anilines is 1. The van der Waals surface area contributed by atoms with Gasteiger partial charge in [0.15, 0.2) is 0 Å². The van der Waals surface area contributed by atoms with E-state index in [2.05, 4.69) is 5.32 Å². The van der Waals surface area contributed by atoms with Gasteiger partial charge in [0, 0.05) is 28.1 Å². The summed E-state index contributed by atoms with van der Waals surface area (Å²) in [6, 6.07) is 11.8. The van der Waals surface area contributed by atoms with Crippen LogP contribution >= 0.6 is 23.4 Å². The molecule has 0 unspecified atom stereocenters. The summed E-state index contributed by atoms with van der Waals surface area (Å²) >= 11 is 7.36. The van der Waals surface area contributed by atoms with Gasteiger partial charge in [0.05, 0.1) is 10.7 Å². The fraction of sp³-hybridized carbons (Fsp3) is 0.235. The second kappa shape index (κ2) is 8.17. The summed E-state index contributed by atoms with van der Waals surface area (Å²) in [5, 5.41) is 14.2. The lowest BCUT2D eigenvalue weighted by atomic mass is 10.1. The van der Waals surface area contributed by atoms with Gasteiger partial charge in [-0.3, -0.25) is 14.9 Å². The highest BCUT2D eigenvalue weighted by Crippen LogP contribution is 2.30. The van der Waals surface area contributed by atoms with E-state index in [-0.39, 0.29) is 22.6 Å². The second-order valence-electron chi connectivity index (χ2n) is 5.31. The third kappa shape index (κ3) is 4.97. The minimum atomic E-state index is -0.421. The van der Waals surface area contributed by atoms with Crippen LogP contribution in [0.3, 0.4) is 0 Å². The van der Waals surface area contributed by atoms with Crippen molar-refractivity contribution in [1.82, 2.24) is 0 Å². The number of halogens is 1. The SMILES string of the molecule is Cc1ccc(Cl)cc1NC(=O)CS[C@@H](C)c1cccc([N+](=O)[O-])c1. The van der Waals surface area contributed by atoms with Crippen molar-refractivity contribution < 1.29 is 9.72 Å². The molecule has 5 nitrogen and oxygen atoms in total. The van der Waals surface area contributed by atoms with Crippen molar-refractivity contribution in [3.05, 3.63) is 68.7 Å². The molecule has 0 heterocycles. The Morgan fingerprint density at radius 1 is 1.33 bits per heavy atom. The lowest BCUT2D eigenvalue weighted by Crippen LogP contribution is -2.15. The molecule has 0 saturated heterocycles. The Bertz CT molecular complexity index is 767.